The van der Waals surface area contributed by atoms with Crippen LogP contribution in [0.5, 0.6) is 5.75 Å². The van der Waals surface area contributed by atoms with Gasteiger partial charge in [-0.2, -0.15) is 0 Å². The zero-order valence-electron chi connectivity index (χ0n) is 16.1. The Morgan fingerprint density at radius 1 is 1.07 bits per heavy atom. The highest BCUT2D eigenvalue weighted by molar-refractivity contribution is 5.97. The number of rotatable bonds is 5. The molecule has 27 heavy (non-hydrogen) atoms. The van der Waals surface area contributed by atoms with Crippen LogP contribution in [0.15, 0.2) is 48.5 Å². The molecule has 142 valence electrons. The lowest BCUT2D eigenvalue weighted by molar-refractivity contribution is -0.123. The molecule has 0 spiro atoms. The van der Waals surface area contributed by atoms with E-state index in [2.05, 4.69) is 41.3 Å². The standard InChI is InChI=1S/C23H28N2O2/c1-2-27-21-8-5-6-18(16-21)17-24-13-10-20(11-14-24)23(26)25-15-12-19-7-3-4-9-22(19)25/h3-9,16,20H,2,10-15,17H2,1H3. The van der Waals surface area contributed by atoms with Crippen LogP contribution in [0.4, 0.5) is 5.69 Å². The molecule has 2 aromatic carbocycles. The van der Waals surface area contributed by atoms with Crippen LogP contribution in [0.2, 0.25) is 0 Å². The fourth-order valence-corrected chi connectivity index (χ4v) is 4.28. The number of hydrogen-bond acceptors (Lipinski definition) is 3. The lowest BCUT2D eigenvalue weighted by Crippen LogP contribution is -2.41. The summed E-state index contributed by atoms with van der Waals surface area (Å²) in [6, 6.07) is 16.7. The molecule has 4 nitrogen and oxygen atoms in total. The van der Waals surface area contributed by atoms with E-state index < -0.39 is 0 Å². The third-order valence-electron chi connectivity index (χ3n) is 5.71. The van der Waals surface area contributed by atoms with Crippen molar-refractivity contribution in [2.45, 2.75) is 32.7 Å². The van der Waals surface area contributed by atoms with Crippen molar-refractivity contribution >= 4 is 11.6 Å². The van der Waals surface area contributed by atoms with Gasteiger partial charge in [0.15, 0.2) is 0 Å². The van der Waals surface area contributed by atoms with Gasteiger partial charge in [-0.3, -0.25) is 9.69 Å². The average molecular weight is 364 g/mol. The molecule has 2 heterocycles. The van der Waals surface area contributed by atoms with Crippen LogP contribution in [0.25, 0.3) is 0 Å². The molecular formula is C23H28N2O2. The summed E-state index contributed by atoms with van der Waals surface area (Å²) >= 11 is 0. The minimum Gasteiger partial charge on any atom is -0.494 e. The minimum absolute atomic E-state index is 0.155. The Kier molecular flexibility index (Phi) is 5.44. The summed E-state index contributed by atoms with van der Waals surface area (Å²) in [5.74, 6) is 1.41. The van der Waals surface area contributed by atoms with Gasteiger partial charge in [-0.05, 0) is 68.6 Å². The Labute approximate surface area is 161 Å². The molecule has 1 amide bonds. The highest BCUT2D eigenvalue weighted by atomic mass is 16.5. The number of carbonyl (C=O) groups excluding carboxylic acids is 1. The number of piperidine rings is 1. The third kappa shape index (κ3) is 4.01. The summed E-state index contributed by atoms with van der Waals surface area (Å²) in [6.07, 6.45) is 2.88. The predicted molar refractivity (Wildman–Crippen MR) is 108 cm³/mol. The largest absolute Gasteiger partial charge is 0.494 e. The maximum absolute atomic E-state index is 13.0. The van der Waals surface area contributed by atoms with Gasteiger partial charge < -0.3 is 9.64 Å². The van der Waals surface area contributed by atoms with Crippen LogP contribution < -0.4 is 9.64 Å². The number of nitrogens with zero attached hydrogens (tertiary/aromatic N) is 2. The lowest BCUT2D eigenvalue weighted by Gasteiger charge is -2.33. The van der Waals surface area contributed by atoms with Gasteiger partial charge in [-0.1, -0.05) is 30.3 Å². The summed E-state index contributed by atoms with van der Waals surface area (Å²) in [5.41, 5.74) is 3.70. The van der Waals surface area contributed by atoms with Gasteiger partial charge in [0.05, 0.1) is 6.61 Å². The van der Waals surface area contributed by atoms with E-state index in [1.165, 1.54) is 11.1 Å². The highest BCUT2D eigenvalue weighted by Gasteiger charge is 2.32. The van der Waals surface area contributed by atoms with Crippen molar-refractivity contribution in [3.63, 3.8) is 0 Å². The number of likely N-dealkylation sites (tertiary alicyclic amines) is 1. The number of ether oxygens (including phenoxy) is 1. The maximum Gasteiger partial charge on any atom is 0.230 e. The number of benzene rings is 2. The SMILES string of the molecule is CCOc1cccc(CN2CCC(C(=O)N3CCc4ccccc43)CC2)c1. The molecule has 4 heteroatoms. The van der Waals surface area contributed by atoms with E-state index in [4.69, 9.17) is 4.74 Å². The normalized spacial score (nSPS) is 17.7. The molecule has 0 radical (unpaired) electrons. The van der Waals surface area contributed by atoms with Crippen molar-refractivity contribution in [2.24, 2.45) is 5.92 Å². The molecule has 4 rings (SSSR count). The average Bonchev–Trinajstić information content (AvgIpc) is 3.13. The Morgan fingerprint density at radius 2 is 1.89 bits per heavy atom. The molecule has 1 saturated heterocycles. The Balaban J connectivity index is 1.33. The number of fused-ring (bicyclic) bond motifs is 1. The summed E-state index contributed by atoms with van der Waals surface area (Å²) in [4.78, 5) is 17.5. The highest BCUT2D eigenvalue weighted by Crippen LogP contribution is 2.31. The molecular weight excluding hydrogens is 336 g/mol. The second-order valence-corrected chi connectivity index (χ2v) is 7.50. The lowest BCUT2D eigenvalue weighted by atomic mass is 9.95. The summed E-state index contributed by atoms with van der Waals surface area (Å²) in [6.45, 7) is 6.41. The van der Waals surface area contributed by atoms with Crippen molar-refractivity contribution in [2.75, 3.05) is 31.1 Å². The molecule has 0 atom stereocenters. The van der Waals surface area contributed by atoms with Crippen molar-refractivity contribution in [3.05, 3.63) is 59.7 Å². The quantitative estimate of drug-likeness (QED) is 0.807. The van der Waals surface area contributed by atoms with Crippen molar-refractivity contribution in [1.82, 2.24) is 4.90 Å². The molecule has 2 aliphatic heterocycles. The van der Waals surface area contributed by atoms with E-state index in [-0.39, 0.29) is 5.92 Å². The van der Waals surface area contributed by atoms with Crippen LogP contribution >= 0.6 is 0 Å². The fraction of sp³-hybridized carbons (Fsp3) is 0.435. The maximum atomic E-state index is 13.0. The van der Waals surface area contributed by atoms with Crippen LogP contribution in [-0.2, 0) is 17.8 Å². The Bertz CT molecular complexity index is 796. The predicted octanol–water partition coefficient (Wildman–Crippen LogP) is 3.89. The molecule has 0 N–H and O–H groups in total. The zero-order chi connectivity index (χ0) is 18.6. The number of hydrogen-bond donors (Lipinski definition) is 0. The molecule has 0 aliphatic carbocycles. The van der Waals surface area contributed by atoms with E-state index in [0.717, 1.165) is 56.9 Å². The van der Waals surface area contributed by atoms with E-state index in [1.807, 2.05) is 24.0 Å². The third-order valence-corrected chi connectivity index (χ3v) is 5.71. The van der Waals surface area contributed by atoms with Gasteiger partial charge in [0.25, 0.3) is 0 Å². The van der Waals surface area contributed by atoms with E-state index in [9.17, 15) is 4.79 Å². The molecule has 1 fully saturated rings. The van der Waals surface area contributed by atoms with Crippen LogP contribution in [0, 0.1) is 5.92 Å². The monoisotopic (exact) mass is 364 g/mol. The van der Waals surface area contributed by atoms with E-state index in [1.54, 1.807) is 0 Å². The Morgan fingerprint density at radius 3 is 2.70 bits per heavy atom. The van der Waals surface area contributed by atoms with Crippen molar-refractivity contribution < 1.29 is 9.53 Å². The second kappa shape index (κ2) is 8.13. The zero-order valence-corrected chi connectivity index (χ0v) is 16.1. The fourth-order valence-electron chi connectivity index (χ4n) is 4.28. The smallest absolute Gasteiger partial charge is 0.230 e. The topological polar surface area (TPSA) is 32.8 Å². The first kappa shape index (κ1) is 18.1. The van der Waals surface area contributed by atoms with Crippen LogP contribution in [0.1, 0.15) is 30.9 Å². The van der Waals surface area contributed by atoms with Crippen LogP contribution in [0.3, 0.4) is 0 Å². The summed E-state index contributed by atoms with van der Waals surface area (Å²) in [5, 5.41) is 0. The summed E-state index contributed by atoms with van der Waals surface area (Å²) in [7, 11) is 0. The molecule has 0 aromatic heterocycles. The number of amides is 1. The van der Waals surface area contributed by atoms with Gasteiger partial charge in [-0.15, -0.1) is 0 Å². The van der Waals surface area contributed by atoms with Gasteiger partial charge in [0.2, 0.25) is 5.91 Å². The Hall–Kier alpha value is -2.33. The molecule has 0 saturated carbocycles. The number of carbonyl (C=O) groups is 1. The second-order valence-electron chi connectivity index (χ2n) is 7.50. The number of anilines is 1. The molecule has 0 unspecified atom stereocenters. The first-order valence-electron chi connectivity index (χ1n) is 10.1. The van der Waals surface area contributed by atoms with Gasteiger partial charge in [0.1, 0.15) is 5.75 Å². The molecule has 2 aromatic rings. The molecule has 0 bridgehead atoms. The van der Waals surface area contributed by atoms with Gasteiger partial charge >= 0.3 is 0 Å². The van der Waals surface area contributed by atoms with E-state index in [0.29, 0.717) is 12.5 Å². The minimum atomic E-state index is 0.155. The van der Waals surface area contributed by atoms with Crippen molar-refractivity contribution in [1.29, 1.82) is 0 Å². The number of para-hydroxylation sites is 1. The van der Waals surface area contributed by atoms with Crippen molar-refractivity contribution in [3.8, 4) is 5.75 Å². The van der Waals surface area contributed by atoms with E-state index >= 15 is 0 Å². The summed E-state index contributed by atoms with van der Waals surface area (Å²) < 4.78 is 5.60. The first-order chi connectivity index (χ1) is 13.2. The van der Waals surface area contributed by atoms with Gasteiger partial charge in [-0.25, -0.2) is 0 Å². The molecule has 2 aliphatic rings. The van der Waals surface area contributed by atoms with Gasteiger partial charge in [0, 0.05) is 24.7 Å². The first-order valence-corrected chi connectivity index (χ1v) is 10.1. The van der Waals surface area contributed by atoms with Crippen LogP contribution in [-0.4, -0.2) is 37.0 Å².